The fourth-order valence-corrected chi connectivity index (χ4v) is 8.14. The summed E-state index contributed by atoms with van der Waals surface area (Å²) in [6, 6.07) is 0. The van der Waals surface area contributed by atoms with Gasteiger partial charge in [-0.1, -0.05) is 60.0 Å². The zero-order chi connectivity index (χ0) is 23.0. The molecule has 0 saturated heterocycles. The molecule has 5 unspecified atom stereocenters. The Hall–Kier alpha value is -1.32. The molecule has 0 radical (unpaired) electrons. The summed E-state index contributed by atoms with van der Waals surface area (Å²) in [5.41, 5.74) is 0.283. The Bertz CT molecular complexity index is 710. The van der Waals surface area contributed by atoms with Gasteiger partial charge < -0.3 is 10.2 Å². The van der Waals surface area contributed by atoms with E-state index in [0.717, 1.165) is 37.0 Å². The topological polar surface area (TPSA) is 74.6 Å². The van der Waals surface area contributed by atoms with Crippen molar-refractivity contribution < 1.29 is 19.8 Å². The quantitative estimate of drug-likeness (QED) is 0.420. The second-order valence-corrected chi connectivity index (χ2v) is 11.9. The highest BCUT2D eigenvalue weighted by Gasteiger charge is 2.59. The van der Waals surface area contributed by atoms with Crippen molar-refractivity contribution in [2.24, 2.45) is 46.3 Å². The van der Waals surface area contributed by atoms with Crippen molar-refractivity contribution in [3.05, 3.63) is 11.6 Å². The van der Waals surface area contributed by atoms with Crippen molar-refractivity contribution in [2.75, 3.05) is 0 Å². The van der Waals surface area contributed by atoms with Crippen LogP contribution in [-0.4, -0.2) is 22.2 Å². The van der Waals surface area contributed by atoms with E-state index < -0.39 is 17.4 Å². The van der Waals surface area contributed by atoms with Gasteiger partial charge in [-0.25, -0.2) is 4.79 Å². The van der Waals surface area contributed by atoms with E-state index in [9.17, 15) is 19.8 Å². The van der Waals surface area contributed by atoms with Gasteiger partial charge in [-0.3, -0.25) is 4.79 Å². The fourth-order valence-electron chi connectivity index (χ4n) is 8.14. The molecule has 3 aliphatic carbocycles. The fraction of sp³-hybridized carbons (Fsp3) is 0.852. The number of aliphatic carboxylic acids is 2. The van der Waals surface area contributed by atoms with Gasteiger partial charge in [-0.05, 0) is 79.4 Å². The van der Waals surface area contributed by atoms with Gasteiger partial charge in [-0.2, -0.15) is 0 Å². The van der Waals surface area contributed by atoms with E-state index in [0.29, 0.717) is 29.2 Å². The Labute approximate surface area is 188 Å². The maximum absolute atomic E-state index is 12.1. The van der Waals surface area contributed by atoms with Gasteiger partial charge in [0.2, 0.25) is 0 Å². The lowest BCUT2D eigenvalue weighted by atomic mass is 9.48. The molecule has 2 fully saturated rings. The Morgan fingerprint density at radius 3 is 2.39 bits per heavy atom. The zero-order valence-corrected chi connectivity index (χ0v) is 20.3. The molecule has 0 aromatic heterocycles. The second kappa shape index (κ2) is 9.27. The minimum absolute atomic E-state index is 0.0434. The van der Waals surface area contributed by atoms with E-state index in [4.69, 9.17) is 0 Å². The van der Waals surface area contributed by atoms with Crippen molar-refractivity contribution in [3.8, 4) is 0 Å². The lowest BCUT2D eigenvalue weighted by molar-refractivity contribution is -0.140. The highest BCUT2D eigenvalue weighted by Crippen LogP contribution is 2.66. The van der Waals surface area contributed by atoms with Crippen molar-refractivity contribution in [3.63, 3.8) is 0 Å². The number of rotatable bonds is 9. The highest BCUT2D eigenvalue weighted by atomic mass is 16.4. The minimum atomic E-state index is -0.859. The van der Waals surface area contributed by atoms with Gasteiger partial charge in [0.1, 0.15) is 0 Å². The van der Waals surface area contributed by atoms with Gasteiger partial charge in [0.05, 0.1) is 0 Å². The Balaban J connectivity index is 1.80. The van der Waals surface area contributed by atoms with E-state index in [-0.39, 0.29) is 12.3 Å². The van der Waals surface area contributed by atoms with Crippen LogP contribution in [0.1, 0.15) is 98.8 Å². The molecule has 31 heavy (non-hydrogen) atoms. The molecule has 3 rings (SSSR count). The van der Waals surface area contributed by atoms with Crippen LogP contribution in [0.4, 0.5) is 0 Å². The first-order chi connectivity index (χ1) is 14.5. The lowest BCUT2D eigenvalue weighted by Crippen LogP contribution is -2.50. The maximum atomic E-state index is 12.1. The van der Waals surface area contributed by atoms with Crippen molar-refractivity contribution in [1.82, 2.24) is 0 Å². The Morgan fingerprint density at radius 1 is 1.06 bits per heavy atom. The number of carboxylic acid groups (broad SMARTS) is 2. The Kier molecular flexibility index (Phi) is 7.28. The van der Waals surface area contributed by atoms with Gasteiger partial charge in [0, 0.05) is 17.4 Å². The molecular formula is C27H44O4. The van der Waals surface area contributed by atoms with Crippen LogP contribution in [0.15, 0.2) is 11.6 Å². The third-order valence-corrected chi connectivity index (χ3v) is 9.75. The summed E-state index contributed by atoms with van der Waals surface area (Å²) < 4.78 is 0. The predicted molar refractivity (Wildman–Crippen MR) is 124 cm³/mol. The van der Waals surface area contributed by atoms with E-state index in [1.54, 1.807) is 0 Å². The monoisotopic (exact) mass is 432 g/mol. The first-order valence-corrected chi connectivity index (χ1v) is 12.7. The second-order valence-electron chi connectivity index (χ2n) is 11.9. The van der Waals surface area contributed by atoms with Crippen LogP contribution >= 0.6 is 0 Å². The molecule has 0 heterocycles. The van der Waals surface area contributed by atoms with E-state index in [2.05, 4.69) is 27.7 Å². The molecule has 4 heteroatoms. The van der Waals surface area contributed by atoms with E-state index >= 15 is 0 Å². The molecule has 2 N–H and O–H groups in total. The number of hydrogen-bond acceptors (Lipinski definition) is 2. The van der Waals surface area contributed by atoms with Crippen LogP contribution in [0.25, 0.3) is 0 Å². The summed E-state index contributed by atoms with van der Waals surface area (Å²) in [6.07, 6.45) is 12.0. The van der Waals surface area contributed by atoms with Crippen LogP contribution in [0.5, 0.6) is 0 Å². The summed E-state index contributed by atoms with van der Waals surface area (Å²) in [5.74, 6) is 2.02. The average molecular weight is 433 g/mol. The Morgan fingerprint density at radius 2 is 1.77 bits per heavy atom. The van der Waals surface area contributed by atoms with E-state index in [1.807, 2.05) is 13.0 Å². The van der Waals surface area contributed by atoms with Crippen molar-refractivity contribution >= 4 is 11.9 Å². The van der Waals surface area contributed by atoms with Crippen LogP contribution in [0.3, 0.4) is 0 Å². The van der Waals surface area contributed by atoms with Gasteiger partial charge in [0.15, 0.2) is 0 Å². The standard InChI is InChI=1S/C27H44O4/c1-17(2)7-6-8-18(3)20-11-12-21-19-9-10-23(25(30)31)27(5,16-14-24(28)29)22(19)13-15-26(20,21)4/h10,17-22H,6-9,11-16H2,1-5H3,(H,28,29)(H,30,31)/t18?,19?,20?,21?,22?,26-,27-/m1/s1. The molecule has 0 aliphatic heterocycles. The molecule has 0 amide bonds. The molecule has 0 aromatic carbocycles. The molecular weight excluding hydrogens is 388 g/mol. The largest absolute Gasteiger partial charge is 0.481 e. The average Bonchev–Trinajstić information content (AvgIpc) is 3.03. The van der Waals surface area contributed by atoms with E-state index in [1.165, 1.54) is 32.1 Å². The molecule has 4 nitrogen and oxygen atoms in total. The molecule has 2 saturated carbocycles. The number of fused-ring (bicyclic) bond motifs is 3. The van der Waals surface area contributed by atoms with Crippen molar-refractivity contribution in [1.29, 1.82) is 0 Å². The summed E-state index contributed by atoms with van der Waals surface area (Å²) in [6.45, 7) is 11.6. The SMILES string of the molecule is CC(C)CCCC(C)C1CCC2C3CC=C(C(=O)O)[C@](C)(CCC(=O)O)C3CC[C@]12C. The highest BCUT2D eigenvalue weighted by molar-refractivity contribution is 5.88. The van der Waals surface area contributed by atoms with Crippen LogP contribution < -0.4 is 0 Å². The normalized spacial score (nSPS) is 38.3. The number of allylic oxidation sites excluding steroid dienone is 1. The van der Waals surface area contributed by atoms with Gasteiger partial charge in [-0.15, -0.1) is 0 Å². The zero-order valence-electron chi connectivity index (χ0n) is 20.3. The third kappa shape index (κ3) is 4.59. The number of carboxylic acids is 2. The molecule has 176 valence electrons. The third-order valence-electron chi connectivity index (χ3n) is 9.75. The lowest BCUT2D eigenvalue weighted by Gasteiger charge is -2.56. The first kappa shape index (κ1) is 24.3. The molecule has 0 bridgehead atoms. The van der Waals surface area contributed by atoms with Crippen molar-refractivity contribution in [2.45, 2.75) is 98.8 Å². The summed E-state index contributed by atoms with van der Waals surface area (Å²) in [4.78, 5) is 23.4. The molecule has 3 aliphatic rings. The summed E-state index contributed by atoms with van der Waals surface area (Å²) >= 11 is 0. The number of hydrogen-bond donors (Lipinski definition) is 2. The number of carbonyl (C=O) groups is 2. The van der Waals surface area contributed by atoms with Gasteiger partial charge in [0.25, 0.3) is 0 Å². The minimum Gasteiger partial charge on any atom is -0.481 e. The summed E-state index contributed by atoms with van der Waals surface area (Å²) in [7, 11) is 0. The molecule has 0 aromatic rings. The van der Waals surface area contributed by atoms with Crippen LogP contribution in [0, 0.1) is 46.3 Å². The first-order valence-electron chi connectivity index (χ1n) is 12.7. The predicted octanol–water partition coefficient (Wildman–Crippen LogP) is 6.79. The summed E-state index contributed by atoms with van der Waals surface area (Å²) in [5, 5.41) is 19.2. The maximum Gasteiger partial charge on any atom is 0.331 e. The van der Waals surface area contributed by atoms with Gasteiger partial charge >= 0.3 is 11.9 Å². The van der Waals surface area contributed by atoms with Crippen LogP contribution in [0.2, 0.25) is 0 Å². The van der Waals surface area contributed by atoms with Crippen LogP contribution in [-0.2, 0) is 9.59 Å². The molecule has 0 spiro atoms. The smallest absolute Gasteiger partial charge is 0.331 e. The molecule has 7 atom stereocenters.